The van der Waals surface area contributed by atoms with Gasteiger partial charge in [0.15, 0.2) is 0 Å². The van der Waals surface area contributed by atoms with Crippen molar-refractivity contribution >= 4 is 16.8 Å². The Morgan fingerprint density at radius 1 is 1.08 bits per heavy atom. The van der Waals surface area contributed by atoms with E-state index in [4.69, 9.17) is 0 Å². The maximum absolute atomic E-state index is 15.3. The van der Waals surface area contributed by atoms with Crippen molar-refractivity contribution in [2.45, 2.75) is 44.9 Å². The molecule has 1 aliphatic rings. The van der Waals surface area contributed by atoms with E-state index in [0.717, 1.165) is 48.4 Å². The van der Waals surface area contributed by atoms with Crippen molar-refractivity contribution in [3.8, 4) is 0 Å². The number of halogens is 1. The van der Waals surface area contributed by atoms with Crippen molar-refractivity contribution in [2.75, 3.05) is 0 Å². The fourth-order valence-corrected chi connectivity index (χ4v) is 4.29. The van der Waals surface area contributed by atoms with Gasteiger partial charge in [0.1, 0.15) is 5.82 Å². The molecule has 0 aliphatic heterocycles. The summed E-state index contributed by atoms with van der Waals surface area (Å²) in [5, 5.41) is 1.78. The lowest BCUT2D eigenvalue weighted by Gasteiger charge is -2.26. The molecule has 0 saturated heterocycles. The number of hydrogen-bond acceptors (Lipinski definition) is 0. The summed E-state index contributed by atoms with van der Waals surface area (Å²) in [7, 11) is 0. The van der Waals surface area contributed by atoms with Crippen LogP contribution in [0.5, 0.6) is 0 Å². The molecule has 0 spiro atoms. The Morgan fingerprint density at radius 3 is 2.77 bits per heavy atom. The second kappa shape index (κ2) is 7.07. The van der Waals surface area contributed by atoms with Crippen LogP contribution in [-0.2, 0) is 19.3 Å². The average Bonchev–Trinajstić information content (AvgIpc) is 2.68. The van der Waals surface area contributed by atoms with Crippen molar-refractivity contribution in [2.24, 2.45) is 0 Å². The van der Waals surface area contributed by atoms with Crippen molar-refractivity contribution in [1.29, 1.82) is 0 Å². The molecule has 1 aliphatic carbocycles. The van der Waals surface area contributed by atoms with Gasteiger partial charge in [0.05, 0.1) is 0 Å². The van der Waals surface area contributed by atoms with Gasteiger partial charge in [0.2, 0.25) is 0 Å². The van der Waals surface area contributed by atoms with Gasteiger partial charge < -0.3 is 0 Å². The SMILES string of the molecule is C=Cc1ccc2c(c1)CCC(c1ccc3cc(CCC)ccc3c1F)C2. The van der Waals surface area contributed by atoms with Crippen molar-refractivity contribution < 1.29 is 4.39 Å². The Balaban J connectivity index is 1.67. The van der Waals surface area contributed by atoms with E-state index in [1.165, 1.54) is 22.3 Å². The van der Waals surface area contributed by atoms with E-state index in [1.54, 1.807) is 0 Å². The first-order valence-electron chi connectivity index (χ1n) is 9.65. The highest BCUT2D eigenvalue weighted by Crippen LogP contribution is 2.36. The number of aryl methyl sites for hydroxylation is 2. The predicted molar refractivity (Wildman–Crippen MR) is 109 cm³/mol. The van der Waals surface area contributed by atoms with E-state index in [1.807, 2.05) is 18.2 Å². The van der Waals surface area contributed by atoms with Gasteiger partial charge in [0, 0.05) is 5.39 Å². The lowest BCUT2D eigenvalue weighted by molar-refractivity contribution is 0.539. The van der Waals surface area contributed by atoms with Crippen LogP contribution in [0.15, 0.2) is 55.1 Å². The van der Waals surface area contributed by atoms with Crippen LogP contribution in [0, 0.1) is 5.82 Å². The first-order valence-corrected chi connectivity index (χ1v) is 9.65. The normalized spacial score (nSPS) is 16.5. The highest BCUT2D eigenvalue weighted by molar-refractivity contribution is 5.84. The molecule has 0 nitrogen and oxygen atoms in total. The number of rotatable bonds is 4. The molecule has 3 aromatic rings. The topological polar surface area (TPSA) is 0 Å². The Labute approximate surface area is 155 Å². The maximum Gasteiger partial charge on any atom is 0.134 e. The van der Waals surface area contributed by atoms with E-state index < -0.39 is 0 Å². The third-order valence-corrected chi connectivity index (χ3v) is 5.72. The molecule has 4 rings (SSSR count). The summed E-state index contributed by atoms with van der Waals surface area (Å²) in [6, 6.07) is 16.8. The zero-order chi connectivity index (χ0) is 18.1. The molecule has 0 aromatic heterocycles. The monoisotopic (exact) mass is 344 g/mol. The Kier molecular flexibility index (Phi) is 4.63. The molecule has 1 atom stereocenters. The van der Waals surface area contributed by atoms with Crippen LogP contribution in [0.2, 0.25) is 0 Å². The summed E-state index contributed by atoms with van der Waals surface area (Å²) in [5.74, 6) is 0.235. The fourth-order valence-electron chi connectivity index (χ4n) is 4.29. The molecule has 3 aromatic carbocycles. The minimum absolute atomic E-state index is 0.0262. The first-order chi connectivity index (χ1) is 12.7. The average molecular weight is 344 g/mol. The van der Waals surface area contributed by atoms with Crippen LogP contribution < -0.4 is 0 Å². The lowest BCUT2D eigenvalue weighted by Crippen LogP contribution is -2.14. The van der Waals surface area contributed by atoms with Gasteiger partial charge in [-0.1, -0.05) is 74.5 Å². The summed E-state index contributed by atoms with van der Waals surface area (Å²) in [6.45, 7) is 6.02. The van der Waals surface area contributed by atoms with Crippen molar-refractivity contribution in [3.63, 3.8) is 0 Å². The molecule has 132 valence electrons. The molecule has 0 bridgehead atoms. The number of fused-ring (bicyclic) bond motifs is 2. The fraction of sp³-hybridized carbons (Fsp3) is 0.280. The van der Waals surface area contributed by atoms with E-state index in [0.29, 0.717) is 0 Å². The summed E-state index contributed by atoms with van der Waals surface area (Å²) in [4.78, 5) is 0. The van der Waals surface area contributed by atoms with Gasteiger partial charge in [-0.15, -0.1) is 0 Å². The summed E-state index contributed by atoms with van der Waals surface area (Å²) < 4.78 is 15.3. The molecule has 0 saturated carbocycles. The Hall–Kier alpha value is -2.41. The minimum Gasteiger partial charge on any atom is -0.206 e. The molecule has 0 radical (unpaired) electrons. The zero-order valence-corrected chi connectivity index (χ0v) is 15.4. The van der Waals surface area contributed by atoms with Crippen LogP contribution in [0.4, 0.5) is 4.39 Å². The highest BCUT2D eigenvalue weighted by Gasteiger charge is 2.23. The highest BCUT2D eigenvalue weighted by atomic mass is 19.1. The van der Waals surface area contributed by atoms with Crippen LogP contribution in [0.3, 0.4) is 0 Å². The minimum atomic E-state index is -0.0262. The third-order valence-electron chi connectivity index (χ3n) is 5.72. The van der Waals surface area contributed by atoms with E-state index in [2.05, 4.69) is 49.9 Å². The van der Waals surface area contributed by atoms with Crippen LogP contribution in [0.1, 0.15) is 53.5 Å². The van der Waals surface area contributed by atoms with E-state index in [9.17, 15) is 0 Å². The molecule has 0 amide bonds. The lowest BCUT2D eigenvalue weighted by atomic mass is 9.79. The van der Waals surface area contributed by atoms with Gasteiger partial charge in [-0.3, -0.25) is 0 Å². The second-order valence-corrected chi connectivity index (χ2v) is 7.45. The van der Waals surface area contributed by atoms with Crippen LogP contribution in [0.25, 0.3) is 16.8 Å². The summed E-state index contributed by atoms with van der Waals surface area (Å²) >= 11 is 0. The molecule has 1 unspecified atom stereocenters. The van der Waals surface area contributed by atoms with Gasteiger partial charge in [-0.05, 0) is 64.8 Å². The molecule has 0 heterocycles. The Morgan fingerprint density at radius 2 is 1.96 bits per heavy atom. The predicted octanol–water partition coefficient (Wildman–Crippen LogP) is 6.85. The quantitative estimate of drug-likeness (QED) is 0.485. The van der Waals surface area contributed by atoms with Gasteiger partial charge in [-0.2, -0.15) is 0 Å². The molecule has 1 heteroatoms. The molecule has 0 N–H and O–H groups in total. The number of hydrogen-bond donors (Lipinski definition) is 0. The number of benzene rings is 3. The second-order valence-electron chi connectivity index (χ2n) is 7.45. The van der Waals surface area contributed by atoms with Crippen LogP contribution >= 0.6 is 0 Å². The van der Waals surface area contributed by atoms with Gasteiger partial charge in [0.25, 0.3) is 0 Å². The molecular formula is C25H25F. The summed E-state index contributed by atoms with van der Waals surface area (Å²) in [5.41, 5.74) is 6.08. The van der Waals surface area contributed by atoms with Crippen molar-refractivity contribution in [1.82, 2.24) is 0 Å². The largest absolute Gasteiger partial charge is 0.206 e. The third kappa shape index (κ3) is 3.07. The standard InChI is InChI=1S/C25H25F/c1-3-5-18-7-12-23-21(15-18)11-13-24(25(23)26)22-10-9-19-14-17(4-2)6-8-20(19)16-22/h4,6-8,11-15,22H,2-3,5,9-10,16H2,1H3. The Bertz CT molecular complexity index is 967. The maximum atomic E-state index is 15.3. The van der Waals surface area contributed by atoms with Gasteiger partial charge >= 0.3 is 0 Å². The van der Waals surface area contributed by atoms with Crippen molar-refractivity contribution in [3.05, 3.63) is 88.7 Å². The summed E-state index contributed by atoms with van der Waals surface area (Å²) in [6.07, 6.45) is 6.98. The van der Waals surface area contributed by atoms with Crippen LogP contribution in [-0.4, -0.2) is 0 Å². The first kappa shape index (κ1) is 17.0. The molecular weight excluding hydrogens is 319 g/mol. The molecule has 26 heavy (non-hydrogen) atoms. The van der Waals surface area contributed by atoms with Gasteiger partial charge in [-0.25, -0.2) is 4.39 Å². The zero-order valence-electron chi connectivity index (χ0n) is 15.4. The molecule has 0 fully saturated rings. The van der Waals surface area contributed by atoms with E-state index >= 15 is 4.39 Å². The van der Waals surface area contributed by atoms with E-state index in [-0.39, 0.29) is 11.7 Å². The smallest absolute Gasteiger partial charge is 0.134 e.